The van der Waals surface area contributed by atoms with Crippen LogP contribution in [0.1, 0.15) is 0 Å². The molecule has 0 nitrogen and oxygen atoms in total. The van der Waals surface area contributed by atoms with Crippen molar-refractivity contribution in [1.29, 1.82) is 0 Å². The molecule has 2 heterocycles. The van der Waals surface area contributed by atoms with E-state index in [1.54, 1.807) is 0 Å². The predicted octanol–water partition coefficient (Wildman–Crippen LogP) is 16.7. The van der Waals surface area contributed by atoms with Crippen molar-refractivity contribution in [3.8, 4) is 44.5 Å². The van der Waals surface area contributed by atoms with Gasteiger partial charge in [0.25, 0.3) is 0 Å². The summed E-state index contributed by atoms with van der Waals surface area (Å²) in [6.45, 7) is 0. The summed E-state index contributed by atoms with van der Waals surface area (Å²) < 4.78 is 5.59. The van der Waals surface area contributed by atoms with Crippen molar-refractivity contribution in [3.63, 3.8) is 0 Å². The minimum absolute atomic E-state index is 0.147. The first-order valence-electron chi connectivity index (χ1n) is 20.6. The summed E-state index contributed by atoms with van der Waals surface area (Å²) >= 11 is 2.04. The fourth-order valence-corrected chi connectivity index (χ4v) is 13.8. The number of fused-ring (bicyclic) bond motifs is 10. The maximum atomic E-state index is 2.49. The van der Waals surface area contributed by atoms with Gasteiger partial charge in [-0.25, -0.2) is 0 Å². The Labute approximate surface area is 357 Å². The average Bonchev–Trinajstić information content (AvgIpc) is 3.88. The molecule has 13 rings (SSSR count). The molecule has 2 aromatic heterocycles. The zero-order valence-corrected chi connectivity index (χ0v) is 35.0. The van der Waals surface area contributed by atoms with Gasteiger partial charge < -0.3 is 0 Å². The molecule has 278 valence electrons. The molecule has 0 radical (unpaired) electrons. The average molecular weight is 842 g/mol. The molecule has 60 heavy (non-hydrogen) atoms. The fraction of sp³-hybridized carbons (Fsp3) is 0. The molecule has 0 fully saturated rings. The van der Waals surface area contributed by atoms with E-state index in [2.05, 4.69) is 206 Å². The van der Waals surface area contributed by atoms with Crippen molar-refractivity contribution in [2.75, 3.05) is 0 Å². The predicted molar refractivity (Wildman–Crippen MR) is 263 cm³/mol. The van der Waals surface area contributed by atoms with Gasteiger partial charge in [-0.05, 0) is 0 Å². The van der Waals surface area contributed by atoms with Crippen LogP contribution in [0.5, 0.6) is 0 Å². The Morgan fingerprint density at radius 2 is 0.717 bits per heavy atom. The monoisotopic (exact) mass is 842 g/mol. The molecule has 11 aromatic carbocycles. The third-order valence-electron chi connectivity index (χ3n) is 12.6. The summed E-state index contributed by atoms with van der Waals surface area (Å²) in [5.41, 5.74) is 10.4. The van der Waals surface area contributed by atoms with Gasteiger partial charge >= 0.3 is 347 Å². The Kier molecular flexibility index (Phi) is 7.59. The standard InChI is InChI=1S/C58H34SSe/c1-2-15-35(16-3-1)54-40-18-4-6-20-42(40)55(43-21-7-5-19-41(43)54)36-30-32-53-50(33-36)48-26-14-27-49(58(48)60-53)57-46-24-10-8-22-44(46)56(45-23-9-11-25-47(45)57)37-29-31-39-38-17-12-13-28-51(38)59-52(39)34-37/h1-34H. The quantitative estimate of drug-likeness (QED) is 0.122. The van der Waals surface area contributed by atoms with Gasteiger partial charge in [0, 0.05) is 0 Å². The Bertz CT molecular complexity index is 3770. The second-order valence-corrected chi connectivity index (χ2v) is 19.1. The summed E-state index contributed by atoms with van der Waals surface area (Å²) in [7, 11) is 0. The molecule has 0 atom stereocenters. The van der Waals surface area contributed by atoms with Gasteiger partial charge in [0.2, 0.25) is 0 Å². The number of hydrogen-bond donors (Lipinski definition) is 0. The van der Waals surface area contributed by atoms with E-state index in [0.29, 0.717) is 0 Å². The van der Waals surface area contributed by atoms with Crippen molar-refractivity contribution in [3.05, 3.63) is 206 Å². The van der Waals surface area contributed by atoms with Gasteiger partial charge in [-0.1, -0.05) is 12.1 Å². The zero-order valence-electron chi connectivity index (χ0n) is 32.4. The van der Waals surface area contributed by atoms with E-state index in [1.165, 1.54) is 127 Å². The van der Waals surface area contributed by atoms with Crippen LogP contribution in [0.25, 0.3) is 127 Å². The summed E-state index contributed by atoms with van der Waals surface area (Å²) in [5.74, 6) is 0. The second kappa shape index (κ2) is 13.4. The molecule has 0 aliphatic heterocycles. The Balaban J connectivity index is 1.04. The van der Waals surface area contributed by atoms with Gasteiger partial charge in [0.05, 0.1) is 0 Å². The van der Waals surface area contributed by atoms with Gasteiger partial charge in [-0.2, -0.15) is 0 Å². The third kappa shape index (κ3) is 5.03. The van der Waals surface area contributed by atoms with Crippen LogP contribution in [0, 0.1) is 0 Å². The Morgan fingerprint density at radius 1 is 0.267 bits per heavy atom. The summed E-state index contributed by atoms with van der Waals surface area (Å²) in [6.07, 6.45) is 0. The molecule has 2 heteroatoms. The van der Waals surface area contributed by atoms with E-state index < -0.39 is 0 Å². The molecule has 0 N–H and O–H groups in total. The SMILES string of the molecule is c1ccc(-c2c3ccccc3c(-c3ccc4[se]c5c(-c6c7ccccc7c(-c7ccc8c(c7)sc7ccccc78)c7ccccc67)cccc5c4c3)c3ccccc23)cc1. The van der Waals surface area contributed by atoms with Crippen LogP contribution in [0.3, 0.4) is 0 Å². The molecule has 0 spiro atoms. The molecular formula is C58H34SSe. The third-order valence-corrected chi connectivity index (χ3v) is 16.3. The second-order valence-electron chi connectivity index (χ2n) is 15.9. The van der Waals surface area contributed by atoms with Crippen molar-refractivity contribution >= 4 is 108 Å². The zero-order chi connectivity index (χ0) is 39.3. The van der Waals surface area contributed by atoms with Crippen LogP contribution in [0.4, 0.5) is 0 Å². The van der Waals surface area contributed by atoms with E-state index in [4.69, 9.17) is 0 Å². The Morgan fingerprint density at radius 3 is 1.32 bits per heavy atom. The molecule has 13 aromatic rings. The van der Waals surface area contributed by atoms with Crippen LogP contribution < -0.4 is 0 Å². The molecule has 0 bridgehead atoms. The van der Waals surface area contributed by atoms with E-state index in [9.17, 15) is 0 Å². The topological polar surface area (TPSA) is 0 Å². The molecule has 0 aliphatic rings. The molecule has 0 saturated heterocycles. The molecule has 0 amide bonds. The van der Waals surface area contributed by atoms with Crippen molar-refractivity contribution in [2.45, 2.75) is 0 Å². The number of thiophene rings is 1. The first-order chi connectivity index (χ1) is 29.8. The summed E-state index contributed by atoms with van der Waals surface area (Å²) in [5, 5.41) is 15.8. The van der Waals surface area contributed by atoms with Gasteiger partial charge in [0.15, 0.2) is 0 Å². The molecule has 0 unspecified atom stereocenters. The Hall–Kier alpha value is -6.80. The van der Waals surface area contributed by atoms with E-state index in [0.717, 1.165) is 0 Å². The van der Waals surface area contributed by atoms with E-state index in [-0.39, 0.29) is 14.5 Å². The van der Waals surface area contributed by atoms with E-state index in [1.807, 2.05) is 11.3 Å². The summed E-state index contributed by atoms with van der Waals surface area (Å²) in [4.78, 5) is 0. The van der Waals surface area contributed by atoms with Crippen LogP contribution in [0.2, 0.25) is 0 Å². The maximum absolute atomic E-state index is 2.49. The van der Waals surface area contributed by atoms with Crippen LogP contribution in [-0.2, 0) is 0 Å². The fourth-order valence-electron chi connectivity index (χ4n) is 10.1. The molecule has 0 aliphatic carbocycles. The van der Waals surface area contributed by atoms with Gasteiger partial charge in [-0.3, -0.25) is 0 Å². The minimum atomic E-state index is 0.147. The molecule has 0 saturated carbocycles. The van der Waals surface area contributed by atoms with E-state index >= 15 is 0 Å². The van der Waals surface area contributed by atoms with Crippen LogP contribution >= 0.6 is 11.3 Å². The van der Waals surface area contributed by atoms with Crippen molar-refractivity contribution in [1.82, 2.24) is 0 Å². The first kappa shape index (κ1) is 34.1. The number of benzene rings is 11. The van der Waals surface area contributed by atoms with Gasteiger partial charge in [-0.15, -0.1) is 0 Å². The van der Waals surface area contributed by atoms with Crippen molar-refractivity contribution < 1.29 is 0 Å². The van der Waals surface area contributed by atoms with Gasteiger partial charge in [0.1, 0.15) is 0 Å². The van der Waals surface area contributed by atoms with Crippen LogP contribution in [-0.4, -0.2) is 14.5 Å². The number of hydrogen-bond acceptors (Lipinski definition) is 1. The number of rotatable bonds is 4. The normalized spacial score (nSPS) is 12.0. The molecular weight excluding hydrogens is 808 g/mol. The first-order valence-corrected chi connectivity index (χ1v) is 23.1. The van der Waals surface area contributed by atoms with Crippen molar-refractivity contribution in [2.24, 2.45) is 0 Å². The summed E-state index contributed by atoms with van der Waals surface area (Å²) in [6, 6.07) is 77.3. The van der Waals surface area contributed by atoms with Crippen LogP contribution in [0.15, 0.2) is 206 Å².